The Kier molecular flexibility index (Phi) is 5.61. The van der Waals surface area contributed by atoms with Gasteiger partial charge < -0.3 is 4.74 Å². The molecule has 0 atom stereocenters. The van der Waals surface area contributed by atoms with Gasteiger partial charge in [0, 0.05) is 11.6 Å². The van der Waals surface area contributed by atoms with Gasteiger partial charge in [0.15, 0.2) is 0 Å². The molecule has 0 radical (unpaired) electrons. The molecule has 1 aliphatic heterocycles. The Balaban J connectivity index is 1.56. The highest BCUT2D eigenvalue weighted by molar-refractivity contribution is 6.35. The van der Waals surface area contributed by atoms with Crippen molar-refractivity contribution in [2.45, 2.75) is 6.54 Å². The standard InChI is InChI=1S/C22H15Cl3FN2O/c23-16-11-20(25)22(27-13-16)28(9-1-2-10-28)14-15-3-5-17(6-4-15)29-18-7-8-21(26)19(24)12-18/h1-13H,14H2/q+1. The van der Waals surface area contributed by atoms with Crippen molar-refractivity contribution in [3.8, 4) is 11.5 Å². The number of benzene rings is 2. The van der Waals surface area contributed by atoms with Crippen LogP contribution in [0.4, 0.5) is 10.2 Å². The predicted octanol–water partition coefficient (Wildman–Crippen LogP) is 7.52. The zero-order chi connectivity index (χ0) is 20.4. The number of ether oxygens (including phenoxy) is 1. The monoisotopic (exact) mass is 447 g/mol. The van der Waals surface area contributed by atoms with E-state index < -0.39 is 5.82 Å². The van der Waals surface area contributed by atoms with E-state index in [2.05, 4.69) is 4.98 Å². The minimum Gasteiger partial charge on any atom is -0.457 e. The average molecular weight is 449 g/mol. The summed E-state index contributed by atoms with van der Waals surface area (Å²) in [7, 11) is 0. The maximum absolute atomic E-state index is 13.3. The van der Waals surface area contributed by atoms with E-state index in [1.807, 2.05) is 48.8 Å². The SMILES string of the molecule is Fc1ccc(Oc2ccc(C[N+]3(c4ncc(Cl)cc4Cl)C=CC=C3)cc2)cc1Cl. The minimum absolute atomic E-state index is 0.0190. The third-order valence-electron chi connectivity index (χ3n) is 4.49. The summed E-state index contributed by atoms with van der Waals surface area (Å²) in [6.45, 7) is 0.615. The molecule has 0 unspecified atom stereocenters. The van der Waals surface area contributed by atoms with Gasteiger partial charge in [-0.3, -0.25) is 0 Å². The lowest BCUT2D eigenvalue weighted by atomic mass is 10.2. The van der Waals surface area contributed by atoms with Crippen LogP contribution in [-0.4, -0.2) is 4.98 Å². The number of hydrogen-bond acceptors (Lipinski definition) is 2. The van der Waals surface area contributed by atoms with Gasteiger partial charge in [0.25, 0.3) is 5.82 Å². The van der Waals surface area contributed by atoms with Crippen molar-refractivity contribution in [3.05, 3.63) is 106 Å². The normalized spacial score (nSPS) is 14.3. The van der Waals surface area contributed by atoms with E-state index in [4.69, 9.17) is 39.5 Å². The van der Waals surface area contributed by atoms with Crippen LogP contribution >= 0.6 is 34.8 Å². The summed E-state index contributed by atoms with van der Waals surface area (Å²) in [5, 5.41) is 1.01. The summed E-state index contributed by atoms with van der Waals surface area (Å²) < 4.78 is 19.4. The van der Waals surface area contributed by atoms with Gasteiger partial charge >= 0.3 is 0 Å². The molecule has 1 aliphatic rings. The van der Waals surface area contributed by atoms with Gasteiger partial charge in [0.1, 0.15) is 41.3 Å². The van der Waals surface area contributed by atoms with Crippen molar-refractivity contribution >= 4 is 40.6 Å². The highest BCUT2D eigenvalue weighted by Gasteiger charge is 2.32. The molecule has 0 saturated carbocycles. The lowest BCUT2D eigenvalue weighted by molar-refractivity contribution is 0.472. The number of nitrogens with zero attached hydrogens (tertiary/aromatic N) is 2. The number of allylic oxidation sites excluding steroid dienone is 2. The quantitative estimate of drug-likeness (QED) is 0.376. The first-order valence-electron chi connectivity index (χ1n) is 8.73. The second-order valence-corrected chi connectivity index (χ2v) is 7.80. The molecular formula is C22H15Cl3FN2O+. The van der Waals surface area contributed by atoms with Gasteiger partial charge in [-0.2, -0.15) is 0 Å². The van der Waals surface area contributed by atoms with Crippen LogP contribution < -0.4 is 9.22 Å². The third kappa shape index (κ3) is 4.31. The first-order valence-corrected chi connectivity index (χ1v) is 9.87. The molecule has 2 aromatic carbocycles. The van der Waals surface area contributed by atoms with Crippen molar-refractivity contribution in [3.63, 3.8) is 0 Å². The zero-order valence-corrected chi connectivity index (χ0v) is 17.3. The predicted molar refractivity (Wildman–Crippen MR) is 116 cm³/mol. The maximum atomic E-state index is 13.3. The molecule has 0 fully saturated rings. The van der Waals surface area contributed by atoms with Crippen LogP contribution in [0.1, 0.15) is 5.56 Å². The van der Waals surface area contributed by atoms with E-state index in [0.717, 1.165) is 5.56 Å². The van der Waals surface area contributed by atoms with Crippen LogP contribution in [-0.2, 0) is 6.54 Å². The molecule has 1 aromatic heterocycles. The fraction of sp³-hybridized carbons (Fsp3) is 0.0455. The molecule has 0 saturated heterocycles. The largest absolute Gasteiger partial charge is 0.457 e. The summed E-state index contributed by atoms with van der Waals surface area (Å²) >= 11 is 18.2. The first kappa shape index (κ1) is 19.9. The van der Waals surface area contributed by atoms with E-state index in [0.29, 0.717) is 38.4 Å². The Morgan fingerprint density at radius 1 is 0.862 bits per heavy atom. The van der Waals surface area contributed by atoms with Crippen LogP contribution in [0.5, 0.6) is 11.5 Å². The summed E-state index contributed by atoms with van der Waals surface area (Å²) in [4.78, 5) is 4.45. The number of aromatic nitrogens is 1. The smallest absolute Gasteiger partial charge is 0.256 e. The van der Waals surface area contributed by atoms with Gasteiger partial charge in [-0.1, -0.05) is 34.8 Å². The van der Waals surface area contributed by atoms with Crippen molar-refractivity contribution in [1.29, 1.82) is 0 Å². The van der Waals surface area contributed by atoms with Gasteiger partial charge in [-0.15, -0.1) is 0 Å². The fourth-order valence-corrected chi connectivity index (χ4v) is 3.84. The van der Waals surface area contributed by atoms with Crippen molar-refractivity contribution in [1.82, 2.24) is 9.47 Å². The molecule has 2 heterocycles. The van der Waals surface area contributed by atoms with E-state index in [1.165, 1.54) is 18.2 Å². The summed E-state index contributed by atoms with van der Waals surface area (Å²) in [6.07, 6.45) is 9.55. The Morgan fingerprint density at radius 2 is 1.55 bits per heavy atom. The van der Waals surface area contributed by atoms with Crippen molar-refractivity contribution in [2.24, 2.45) is 0 Å². The summed E-state index contributed by atoms with van der Waals surface area (Å²) in [5.74, 6) is 1.31. The number of halogens is 4. The van der Waals surface area contributed by atoms with E-state index in [-0.39, 0.29) is 5.02 Å². The highest BCUT2D eigenvalue weighted by Crippen LogP contribution is 2.36. The van der Waals surface area contributed by atoms with Gasteiger partial charge in [-0.05, 0) is 54.6 Å². The molecule has 146 valence electrons. The highest BCUT2D eigenvalue weighted by atomic mass is 35.5. The average Bonchev–Trinajstić information content (AvgIpc) is 3.15. The number of pyridine rings is 1. The molecule has 0 amide bonds. The van der Waals surface area contributed by atoms with Crippen molar-refractivity contribution < 1.29 is 9.13 Å². The van der Waals surface area contributed by atoms with Crippen LogP contribution in [0, 0.1) is 5.82 Å². The maximum Gasteiger partial charge on any atom is 0.256 e. The third-order valence-corrected chi connectivity index (χ3v) is 5.27. The van der Waals surface area contributed by atoms with Crippen LogP contribution in [0.15, 0.2) is 79.3 Å². The van der Waals surface area contributed by atoms with E-state index in [9.17, 15) is 4.39 Å². The fourth-order valence-electron chi connectivity index (χ4n) is 3.13. The van der Waals surface area contributed by atoms with Gasteiger partial charge in [0.2, 0.25) is 0 Å². The Morgan fingerprint density at radius 3 is 2.21 bits per heavy atom. The molecule has 3 aromatic rings. The Hall–Kier alpha value is -2.37. The molecule has 4 rings (SSSR count). The molecule has 0 spiro atoms. The zero-order valence-electron chi connectivity index (χ0n) is 15.0. The molecule has 0 aliphatic carbocycles. The molecule has 29 heavy (non-hydrogen) atoms. The lowest BCUT2D eigenvalue weighted by Gasteiger charge is -2.28. The second kappa shape index (κ2) is 8.17. The van der Waals surface area contributed by atoms with Gasteiger partial charge in [0.05, 0.1) is 16.2 Å². The number of hydrogen-bond donors (Lipinski definition) is 0. The van der Waals surface area contributed by atoms with Crippen molar-refractivity contribution in [2.75, 3.05) is 0 Å². The lowest BCUT2D eigenvalue weighted by Crippen LogP contribution is -2.36. The topological polar surface area (TPSA) is 22.1 Å². The van der Waals surface area contributed by atoms with E-state index >= 15 is 0 Å². The van der Waals surface area contributed by atoms with E-state index in [1.54, 1.807) is 12.3 Å². The summed E-state index contributed by atoms with van der Waals surface area (Å²) in [6, 6.07) is 13.6. The Labute approximate surface area is 182 Å². The molecule has 0 bridgehead atoms. The van der Waals surface area contributed by atoms with Gasteiger partial charge in [-0.25, -0.2) is 13.9 Å². The summed E-state index contributed by atoms with van der Waals surface area (Å²) in [5.41, 5.74) is 1.05. The molecule has 7 heteroatoms. The molecular weight excluding hydrogens is 434 g/mol. The van der Waals surface area contributed by atoms with Crippen LogP contribution in [0.3, 0.4) is 0 Å². The number of quaternary nitrogens is 1. The molecule has 0 N–H and O–H groups in total. The van der Waals surface area contributed by atoms with Crippen LogP contribution in [0.25, 0.3) is 0 Å². The van der Waals surface area contributed by atoms with Crippen LogP contribution in [0.2, 0.25) is 15.1 Å². The molecule has 3 nitrogen and oxygen atoms in total. The number of rotatable bonds is 5. The second-order valence-electron chi connectivity index (χ2n) is 6.55. The minimum atomic E-state index is -0.482. The Bertz CT molecular complexity index is 1100. The first-order chi connectivity index (χ1) is 13.9.